The van der Waals surface area contributed by atoms with Gasteiger partial charge in [-0.2, -0.15) is 0 Å². The minimum atomic E-state index is -0.163. The van der Waals surface area contributed by atoms with Crippen LogP contribution in [0.3, 0.4) is 0 Å². The van der Waals surface area contributed by atoms with E-state index in [-0.39, 0.29) is 17.5 Å². The number of hydrogen-bond donors (Lipinski definition) is 1. The van der Waals surface area contributed by atoms with Gasteiger partial charge in [0.1, 0.15) is 11.6 Å². The Hall–Kier alpha value is -3.15. The van der Waals surface area contributed by atoms with Crippen molar-refractivity contribution in [2.24, 2.45) is 0 Å². The molecule has 1 fully saturated rings. The number of amides is 1. The molecular weight excluding hydrogens is 354 g/mol. The van der Waals surface area contributed by atoms with Crippen LogP contribution in [0.5, 0.6) is 5.75 Å². The first-order valence-electron chi connectivity index (χ1n) is 9.57. The molecule has 6 nitrogen and oxygen atoms in total. The second kappa shape index (κ2) is 7.84. The number of carbonyl (C=O) groups excluding carboxylic acids is 1. The summed E-state index contributed by atoms with van der Waals surface area (Å²) in [6.45, 7) is 0.752. The number of aromatic amines is 1. The number of aryl methyl sites for hydroxylation is 1. The van der Waals surface area contributed by atoms with Gasteiger partial charge in [0.2, 0.25) is 5.91 Å². The Kier molecular flexibility index (Phi) is 5.10. The number of para-hydroxylation sites is 1. The van der Waals surface area contributed by atoms with E-state index in [2.05, 4.69) is 9.97 Å². The number of carbonyl (C=O) groups is 1. The molecule has 144 valence electrons. The van der Waals surface area contributed by atoms with E-state index < -0.39 is 0 Å². The molecule has 1 N–H and O–H groups in total. The SMILES string of the molecule is COc1cccc(C2CCCN2C(=O)CCc2nc3ccccc3c(=O)[nH]2)c1. The minimum Gasteiger partial charge on any atom is -0.497 e. The third kappa shape index (κ3) is 3.63. The van der Waals surface area contributed by atoms with E-state index in [0.717, 1.165) is 30.7 Å². The van der Waals surface area contributed by atoms with Gasteiger partial charge in [-0.25, -0.2) is 4.98 Å². The maximum absolute atomic E-state index is 12.9. The molecule has 0 radical (unpaired) electrons. The van der Waals surface area contributed by atoms with Crippen LogP contribution in [0, 0.1) is 0 Å². The second-order valence-corrected chi connectivity index (χ2v) is 7.05. The maximum Gasteiger partial charge on any atom is 0.258 e. The van der Waals surface area contributed by atoms with Crippen molar-refractivity contribution in [3.8, 4) is 5.75 Å². The summed E-state index contributed by atoms with van der Waals surface area (Å²) in [7, 11) is 1.65. The topological polar surface area (TPSA) is 75.3 Å². The monoisotopic (exact) mass is 377 g/mol. The van der Waals surface area contributed by atoms with Crippen molar-refractivity contribution in [2.45, 2.75) is 31.7 Å². The zero-order chi connectivity index (χ0) is 19.5. The van der Waals surface area contributed by atoms with Crippen LogP contribution in [0.1, 0.15) is 36.7 Å². The molecule has 1 atom stereocenters. The number of ether oxygens (including phenoxy) is 1. The summed E-state index contributed by atoms with van der Waals surface area (Å²) in [4.78, 5) is 34.3. The maximum atomic E-state index is 12.9. The van der Waals surface area contributed by atoms with Crippen molar-refractivity contribution in [1.29, 1.82) is 0 Å². The molecule has 3 aromatic rings. The van der Waals surface area contributed by atoms with E-state index in [1.807, 2.05) is 47.4 Å². The van der Waals surface area contributed by atoms with Gasteiger partial charge < -0.3 is 14.6 Å². The largest absolute Gasteiger partial charge is 0.497 e. The number of benzene rings is 2. The summed E-state index contributed by atoms with van der Waals surface area (Å²) in [5.74, 6) is 1.44. The van der Waals surface area contributed by atoms with Gasteiger partial charge in [0, 0.05) is 19.4 Å². The third-order valence-electron chi connectivity index (χ3n) is 5.29. The molecule has 2 aromatic carbocycles. The lowest BCUT2D eigenvalue weighted by molar-refractivity contribution is -0.132. The lowest BCUT2D eigenvalue weighted by Gasteiger charge is -2.25. The Morgan fingerprint density at radius 3 is 2.96 bits per heavy atom. The normalized spacial score (nSPS) is 16.5. The van der Waals surface area contributed by atoms with Crippen molar-refractivity contribution in [3.63, 3.8) is 0 Å². The average molecular weight is 377 g/mol. The van der Waals surface area contributed by atoms with Gasteiger partial charge in [0.05, 0.1) is 24.1 Å². The van der Waals surface area contributed by atoms with E-state index in [9.17, 15) is 9.59 Å². The number of nitrogens with zero attached hydrogens (tertiary/aromatic N) is 2. The summed E-state index contributed by atoms with van der Waals surface area (Å²) in [6, 6.07) is 15.2. The van der Waals surface area contributed by atoms with Crippen LogP contribution >= 0.6 is 0 Å². The molecular formula is C22H23N3O3. The van der Waals surface area contributed by atoms with Crippen molar-refractivity contribution in [1.82, 2.24) is 14.9 Å². The predicted octanol–water partition coefficient (Wildman–Crippen LogP) is 3.23. The first-order valence-corrected chi connectivity index (χ1v) is 9.57. The molecule has 1 saturated heterocycles. The fraction of sp³-hybridized carbons (Fsp3) is 0.318. The van der Waals surface area contributed by atoms with Crippen LogP contribution in [-0.4, -0.2) is 34.4 Å². The Bertz CT molecular complexity index is 1060. The molecule has 0 aliphatic carbocycles. The highest BCUT2D eigenvalue weighted by Crippen LogP contribution is 2.33. The van der Waals surface area contributed by atoms with Crippen LogP contribution in [0.2, 0.25) is 0 Å². The molecule has 0 saturated carbocycles. The number of nitrogens with one attached hydrogen (secondary N) is 1. The summed E-state index contributed by atoms with van der Waals surface area (Å²) in [5.41, 5.74) is 1.59. The number of H-pyrrole nitrogens is 1. The highest BCUT2D eigenvalue weighted by atomic mass is 16.5. The zero-order valence-corrected chi connectivity index (χ0v) is 15.9. The standard InChI is InChI=1S/C22H23N3O3/c1-28-16-7-4-6-15(14-16)19-10-5-13-25(19)21(26)12-11-20-23-18-9-3-2-8-17(18)22(27)24-20/h2-4,6-9,14,19H,5,10-13H2,1H3,(H,23,24,27). The molecule has 1 aliphatic rings. The van der Waals surface area contributed by atoms with Gasteiger partial charge in [-0.15, -0.1) is 0 Å². The highest BCUT2D eigenvalue weighted by molar-refractivity contribution is 5.78. The molecule has 0 spiro atoms. The van der Waals surface area contributed by atoms with E-state index in [0.29, 0.717) is 29.6 Å². The van der Waals surface area contributed by atoms with Crippen LogP contribution in [-0.2, 0) is 11.2 Å². The summed E-state index contributed by atoms with van der Waals surface area (Å²) < 4.78 is 5.32. The van der Waals surface area contributed by atoms with Crippen LogP contribution in [0.15, 0.2) is 53.3 Å². The van der Waals surface area contributed by atoms with E-state index >= 15 is 0 Å². The second-order valence-electron chi connectivity index (χ2n) is 7.05. The quantitative estimate of drug-likeness (QED) is 0.741. The average Bonchev–Trinajstić information content (AvgIpc) is 3.22. The molecule has 28 heavy (non-hydrogen) atoms. The molecule has 1 aromatic heterocycles. The van der Waals surface area contributed by atoms with Gasteiger partial charge in [-0.05, 0) is 42.7 Å². The van der Waals surface area contributed by atoms with E-state index in [4.69, 9.17) is 4.74 Å². The van der Waals surface area contributed by atoms with Crippen molar-refractivity contribution < 1.29 is 9.53 Å². The number of fused-ring (bicyclic) bond motifs is 1. The zero-order valence-electron chi connectivity index (χ0n) is 15.9. The Labute approximate surface area is 163 Å². The van der Waals surface area contributed by atoms with Gasteiger partial charge >= 0.3 is 0 Å². The first kappa shape index (κ1) is 18.2. The fourth-order valence-corrected chi connectivity index (χ4v) is 3.88. The molecule has 1 amide bonds. The fourth-order valence-electron chi connectivity index (χ4n) is 3.88. The molecule has 6 heteroatoms. The Balaban J connectivity index is 1.48. The van der Waals surface area contributed by atoms with Crippen LogP contribution in [0.4, 0.5) is 0 Å². The summed E-state index contributed by atoms with van der Waals surface area (Å²) in [6.07, 6.45) is 2.67. The summed E-state index contributed by atoms with van der Waals surface area (Å²) >= 11 is 0. The predicted molar refractivity (Wildman–Crippen MR) is 107 cm³/mol. The van der Waals surface area contributed by atoms with Gasteiger partial charge in [-0.3, -0.25) is 9.59 Å². The minimum absolute atomic E-state index is 0.0752. The number of likely N-dealkylation sites (tertiary alicyclic amines) is 1. The smallest absolute Gasteiger partial charge is 0.258 e. The van der Waals surface area contributed by atoms with Crippen molar-refractivity contribution in [2.75, 3.05) is 13.7 Å². The molecule has 0 bridgehead atoms. The molecule has 1 aliphatic heterocycles. The highest BCUT2D eigenvalue weighted by Gasteiger charge is 2.29. The van der Waals surface area contributed by atoms with Gasteiger partial charge in [0.15, 0.2) is 0 Å². The lowest BCUT2D eigenvalue weighted by atomic mass is 10.0. The summed E-state index contributed by atoms with van der Waals surface area (Å²) in [5, 5.41) is 0.565. The van der Waals surface area contributed by atoms with Crippen molar-refractivity contribution in [3.05, 3.63) is 70.3 Å². The number of methoxy groups -OCH3 is 1. The first-order chi connectivity index (χ1) is 13.7. The van der Waals surface area contributed by atoms with Gasteiger partial charge in [-0.1, -0.05) is 24.3 Å². The van der Waals surface area contributed by atoms with Crippen molar-refractivity contribution >= 4 is 16.8 Å². The third-order valence-corrected chi connectivity index (χ3v) is 5.29. The number of hydrogen-bond acceptors (Lipinski definition) is 4. The van der Waals surface area contributed by atoms with E-state index in [1.165, 1.54) is 0 Å². The Morgan fingerprint density at radius 2 is 2.11 bits per heavy atom. The van der Waals surface area contributed by atoms with Crippen LogP contribution < -0.4 is 10.3 Å². The lowest BCUT2D eigenvalue weighted by Crippen LogP contribution is -2.31. The number of rotatable bonds is 5. The molecule has 2 heterocycles. The van der Waals surface area contributed by atoms with Gasteiger partial charge in [0.25, 0.3) is 5.56 Å². The van der Waals surface area contributed by atoms with E-state index in [1.54, 1.807) is 13.2 Å². The number of aromatic nitrogens is 2. The molecule has 1 unspecified atom stereocenters. The molecule has 4 rings (SSSR count). The Morgan fingerprint density at radius 1 is 1.25 bits per heavy atom. The van der Waals surface area contributed by atoms with Crippen LogP contribution in [0.25, 0.3) is 10.9 Å².